The van der Waals surface area contributed by atoms with Crippen molar-refractivity contribution in [3.05, 3.63) is 23.3 Å². The minimum absolute atomic E-state index is 0.157. The first-order valence-corrected chi connectivity index (χ1v) is 11.9. The summed E-state index contributed by atoms with van der Waals surface area (Å²) in [5, 5.41) is 0. The molecule has 0 bridgehead atoms. The molecule has 0 aromatic rings. The fourth-order valence-electron chi connectivity index (χ4n) is 7.62. The summed E-state index contributed by atoms with van der Waals surface area (Å²) < 4.78 is 16.4. The smallest absolute Gasteiger partial charge is 0.302 e. The maximum Gasteiger partial charge on any atom is 0.302 e. The van der Waals surface area contributed by atoms with Crippen molar-refractivity contribution in [1.29, 1.82) is 0 Å². The lowest BCUT2D eigenvalue weighted by atomic mass is 9.50. The highest BCUT2D eigenvalue weighted by Crippen LogP contribution is 2.65. The molecule has 4 rings (SSSR count). The van der Waals surface area contributed by atoms with Crippen molar-refractivity contribution < 1.29 is 19.0 Å². The van der Waals surface area contributed by atoms with Gasteiger partial charge in [0.05, 0.1) is 12.7 Å². The molecule has 0 N–H and O–H groups in total. The monoisotopic (exact) mass is 416 g/mol. The summed E-state index contributed by atoms with van der Waals surface area (Å²) >= 11 is 0. The molecule has 0 heterocycles. The Hall–Kier alpha value is -1.13. The van der Waals surface area contributed by atoms with E-state index in [0.29, 0.717) is 54.0 Å². The van der Waals surface area contributed by atoms with Crippen molar-refractivity contribution in [1.82, 2.24) is 0 Å². The van der Waals surface area contributed by atoms with E-state index in [9.17, 15) is 4.79 Å². The summed E-state index contributed by atoms with van der Waals surface area (Å²) in [5.74, 6) is 2.27. The molecule has 4 aliphatic carbocycles. The predicted molar refractivity (Wildman–Crippen MR) is 118 cm³/mol. The average molecular weight is 417 g/mol. The SMILES string of the molecule is COCOC1CC[C@@]2(C)C(=CC=C3[C@@H]4CC[C@H](C(C)COC(C)=O)[C@@]4(C)CC[C@@H]32)C1. The lowest BCUT2D eigenvalue weighted by Gasteiger charge is -2.55. The number of methoxy groups -OCH3 is 1. The van der Waals surface area contributed by atoms with Crippen molar-refractivity contribution in [2.24, 2.45) is 34.5 Å². The van der Waals surface area contributed by atoms with Gasteiger partial charge >= 0.3 is 5.97 Å². The van der Waals surface area contributed by atoms with Crippen molar-refractivity contribution in [3.63, 3.8) is 0 Å². The molecule has 0 saturated heterocycles. The summed E-state index contributed by atoms with van der Waals surface area (Å²) in [6, 6.07) is 0. The lowest BCUT2D eigenvalue weighted by molar-refractivity contribution is -0.143. The molecule has 2 unspecified atom stereocenters. The Labute approximate surface area is 182 Å². The van der Waals surface area contributed by atoms with E-state index in [0.717, 1.165) is 12.8 Å². The fraction of sp³-hybridized carbons (Fsp3) is 0.808. The Morgan fingerprint density at radius 3 is 2.67 bits per heavy atom. The van der Waals surface area contributed by atoms with E-state index in [4.69, 9.17) is 14.2 Å². The molecule has 0 spiro atoms. The van der Waals surface area contributed by atoms with Gasteiger partial charge in [0.1, 0.15) is 6.79 Å². The standard InChI is InChI=1S/C26H40O4/c1-17(15-29-18(2)27)22-8-9-23-21-7-6-19-14-20(30-16-28-5)10-12-25(19,3)24(21)11-13-26(22,23)4/h6-7,17,20,22-24H,8-16H2,1-5H3/t17?,20?,22-,23+,24+,25+,26-/m1/s1. The van der Waals surface area contributed by atoms with Crippen LogP contribution in [0.4, 0.5) is 0 Å². The Bertz CT molecular complexity index is 725. The predicted octanol–water partition coefficient (Wildman–Crippen LogP) is 5.67. The third-order valence-electron chi connectivity index (χ3n) is 9.26. The zero-order valence-corrected chi connectivity index (χ0v) is 19.5. The number of rotatable bonds is 6. The van der Waals surface area contributed by atoms with Crippen LogP contribution in [0.5, 0.6) is 0 Å². The van der Waals surface area contributed by atoms with E-state index in [1.165, 1.54) is 39.0 Å². The number of hydrogen-bond donors (Lipinski definition) is 0. The Morgan fingerprint density at radius 1 is 1.13 bits per heavy atom. The number of carbonyl (C=O) groups is 1. The van der Waals surface area contributed by atoms with Gasteiger partial charge in [-0.15, -0.1) is 0 Å². The first kappa shape index (κ1) is 22.1. The Kier molecular flexibility index (Phi) is 6.20. The summed E-state index contributed by atoms with van der Waals surface area (Å²) in [5.41, 5.74) is 3.93. The molecule has 4 nitrogen and oxygen atoms in total. The third kappa shape index (κ3) is 3.68. The second kappa shape index (κ2) is 8.43. The number of hydrogen-bond acceptors (Lipinski definition) is 4. The van der Waals surface area contributed by atoms with E-state index < -0.39 is 0 Å². The van der Waals surface area contributed by atoms with E-state index in [1.807, 2.05) is 0 Å². The maximum absolute atomic E-state index is 11.3. The minimum atomic E-state index is -0.157. The van der Waals surface area contributed by atoms with Crippen molar-refractivity contribution in [2.45, 2.75) is 78.7 Å². The van der Waals surface area contributed by atoms with Gasteiger partial charge in [0.2, 0.25) is 0 Å². The molecule has 0 amide bonds. The van der Waals surface area contributed by atoms with Crippen LogP contribution in [0.1, 0.15) is 72.6 Å². The first-order chi connectivity index (χ1) is 14.3. The van der Waals surface area contributed by atoms with Gasteiger partial charge in [-0.1, -0.05) is 44.1 Å². The van der Waals surface area contributed by atoms with Gasteiger partial charge in [0, 0.05) is 14.0 Å². The van der Waals surface area contributed by atoms with Crippen LogP contribution < -0.4 is 0 Å². The largest absolute Gasteiger partial charge is 0.466 e. The van der Waals surface area contributed by atoms with E-state index >= 15 is 0 Å². The average Bonchev–Trinajstić information content (AvgIpc) is 3.07. The minimum Gasteiger partial charge on any atom is -0.466 e. The highest BCUT2D eigenvalue weighted by Gasteiger charge is 2.57. The number of ether oxygens (including phenoxy) is 3. The van der Waals surface area contributed by atoms with Crippen LogP contribution in [0.3, 0.4) is 0 Å². The first-order valence-electron chi connectivity index (χ1n) is 11.9. The van der Waals surface area contributed by atoms with Crippen LogP contribution in [0, 0.1) is 34.5 Å². The van der Waals surface area contributed by atoms with Crippen LogP contribution in [0.15, 0.2) is 23.3 Å². The van der Waals surface area contributed by atoms with Gasteiger partial charge in [-0.25, -0.2) is 0 Å². The van der Waals surface area contributed by atoms with Crippen LogP contribution >= 0.6 is 0 Å². The van der Waals surface area contributed by atoms with Crippen molar-refractivity contribution in [3.8, 4) is 0 Å². The van der Waals surface area contributed by atoms with Gasteiger partial charge in [0.25, 0.3) is 0 Å². The molecule has 30 heavy (non-hydrogen) atoms. The number of allylic oxidation sites excluding steroid dienone is 3. The highest BCUT2D eigenvalue weighted by atomic mass is 16.7. The summed E-state index contributed by atoms with van der Waals surface area (Å²) in [6.07, 6.45) is 13.7. The third-order valence-corrected chi connectivity index (χ3v) is 9.26. The number of fused-ring (bicyclic) bond motifs is 5. The summed E-state index contributed by atoms with van der Waals surface area (Å²) in [6.45, 7) is 9.80. The molecule has 3 saturated carbocycles. The molecule has 168 valence electrons. The molecule has 4 heteroatoms. The Morgan fingerprint density at radius 2 is 1.93 bits per heavy atom. The normalized spacial score (nSPS) is 41.1. The van der Waals surface area contributed by atoms with Gasteiger partial charge in [-0.05, 0) is 79.4 Å². The molecule has 0 aromatic carbocycles. The van der Waals surface area contributed by atoms with Crippen LogP contribution in [0.25, 0.3) is 0 Å². The fourth-order valence-corrected chi connectivity index (χ4v) is 7.62. The second-order valence-electron chi connectivity index (χ2n) is 10.8. The topological polar surface area (TPSA) is 44.8 Å². The van der Waals surface area contributed by atoms with E-state index in [1.54, 1.807) is 18.3 Å². The molecule has 7 atom stereocenters. The van der Waals surface area contributed by atoms with Crippen molar-refractivity contribution in [2.75, 3.05) is 20.5 Å². The van der Waals surface area contributed by atoms with Gasteiger partial charge < -0.3 is 14.2 Å². The second-order valence-corrected chi connectivity index (χ2v) is 10.8. The van der Waals surface area contributed by atoms with Gasteiger partial charge in [-0.2, -0.15) is 0 Å². The zero-order chi connectivity index (χ0) is 21.5. The van der Waals surface area contributed by atoms with Crippen molar-refractivity contribution >= 4 is 5.97 Å². The highest BCUT2D eigenvalue weighted by molar-refractivity contribution is 5.65. The molecule has 0 aromatic heterocycles. The maximum atomic E-state index is 11.3. The molecular weight excluding hydrogens is 376 g/mol. The van der Waals surface area contributed by atoms with E-state index in [-0.39, 0.29) is 5.97 Å². The molecule has 3 fully saturated rings. The zero-order valence-electron chi connectivity index (χ0n) is 19.5. The van der Waals surface area contributed by atoms with Gasteiger partial charge in [-0.3, -0.25) is 4.79 Å². The van der Waals surface area contributed by atoms with Gasteiger partial charge in [0.15, 0.2) is 0 Å². The molecule has 0 radical (unpaired) electrons. The summed E-state index contributed by atoms with van der Waals surface area (Å²) in [7, 11) is 1.70. The number of carbonyl (C=O) groups excluding carboxylic acids is 1. The van der Waals surface area contributed by atoms with Crippen LogP contribution in [-0.2, 0) is 19.0 Å². The lowest BCUT2D eigenvalue weighted by Crippen LogP contribution is -2.47. The Balaban J connectivity index is 1.53. The van der Waals surface area contributed by atoms with E-state index in [2.05, 4.69) is 32.9 Å². The molecule has 0 aliphatic heterocycles. The number of esters is 1. The quantitative estimate of drug-likeness (QED) is 0.413. The van der Waals surface area contributed by atoms with Crippen LogP contribution in [0.2, 0.25) is 0 Å². The summed E-state index contributed by atoms with van der Waals surface area (Å²) in [4.78, 5) is 11.3. The van der Waals surface area contributed by atoms with Crippen LogP contribution in [-0.4, -0.2) is 32.6 Å². The molecular formula is C26H40O4. The molecule has 4 aliphatic rings.